The van der Waals surface area contributed by atoms with Crippen LogP contribution in [-0.2, 0) is 0 Å². The van der Waals surface area contributed by atoms with Gasteiger partial charge in [0.15, 0.2) is 0 Å². The van der Waals surface area contributed by atoms with Gasteiger partial charge in [-0.3, -0.25) is 0 Å². The number of thiophene rings is 1. The van der Waals surface area contributed by atoms with E-state index in [4.69, 9.17) is 0 Å². The number of rotatable bonds is 5. The molecule has 0 spiro atoms. The number of aryl methyl sites for hydroxylation is 1. The largest absolute Gasteiger partial charge is 0.312 e. The summed E-state index contributed by atoms with van der Waals surface area (Å²) in [6.45, 7) is 4.44. The Balaban J connectivity index is 2.30. The van der Waals surface area contributed by atoms with Crippen LogP contribution in [0.5, 0.6) is 0 Å². The Bertz CT molecular complexity index is 475. The zero-order valence-electron chi connectivity index (χ0n) is 11.3. The Morgan fingerprint density at radius 3 is 2.33 bits per heavy atom. The van der Waals surface area contributed by atoms with Crippen molar-refractivity contribution in [1.82, 2.24) is 5.32 Å². The zero-order valence-corrected chi connectivity index (χ0v) is 12.1. The molecule has 0 saturated heterocycles. The maximum Gasteiger partial charge on any atom is 0.0481 e. The van der Waals surface area contributed by atoms with E-state index in [0.29, 0.717) is 12.0 Å². The molecule has 0 aliphatic heterocycles. The Morgan fingerprint density at radius 2 is 1.83 bits per heavy atom. The molecule has 2 atom stereocenters. The van der Waals surface area contributed by atoms with Gasteiger partial charge >= 0.3 is 0 Å². The van der Waals surface area contributed by atoms with Crippen LogP contribution in [0, 0.1) is 6.92 Å². The summed E-state index contributed by atoms with van der Waals surface area (Å²) in [4.78, 5) is 2.82. The summed E-state index contributed by atoms with van der Waals surface area (Å²) in [5.74, 6) is 0.536. The molecule has 18 heavy (non-hydrogen) atoms. The summed E-state index contributed by atoms with van der Waals surface area (Å²) in [6.07, 6.45) is 1.15. The van der Waals surface area contributed by atoms with Crippen LogP contribution in [0.2, 0.25) is 0 Å². The zero-order chi connectivity index (χ0) is 13.0. The van der Waals surface area contributed by atoms with E-state index < -0.39 is 0 Å². The fourth-order valence-electron chi connectivity index (χ4n) is 2.53. The summed E-state index contributed by atoms with van der Waals surface area (Å²) in [6, 6.07) is 15.7. The van der Waals surface area contributed by atoms with Gasteiger partial charge in [0.2, 0.25) is 0 Å². The molecule has 96 valence electrons. The SMILES string of the molecule is CCC(c1ccccc1)C(NC)c1ccc(C)s1. The van der Waals surface area contributed by atoms with E-state index in [-0.39, 0.29) is 0 Å². The predicted octanol–water partition coefficient (Wildman–Crippen LogP) is 4.51. The van der Waals surface area contributed by atoms with Gasteiger partial charge in [-0.1, -0.05) is 37.3 Å². The molecule has 0 amide bonds. The quantitative estimate of drug-likeness (QED) is 0.833. The molecule has 0 aliphatic carbocycles. The highest BCUT2D eigenvalue weighted by Crippen LogP contribution is 2.36. The van der Waals surface area contributed by atoms with E-state index >= 15 is 0 Å². The molecule has 2 heteroatoms. The molecular weight excluding hydrogens is 238 g/mol. The molecule has 0 bridgehead atoms. The molecule has 0 aliphatic rings. The van der Waals surface area contributed by atoms with Gasteiger partial charge in [0.25, 0.3) is 0 Å². The summed E-state index contributed by atoms with van der Waals surface area (Å²) < 4.78 is 0. The van der Waals surface area contributed by atoms with Crippen LogP contribution in [0.1, 0.15) is 40.6 Å². The van der Waals surface area contributed by atoms with Crippen molar-refractivity contribution >= 4 is 11.3 Å². The fourth-order valence-corrected chi connectivity index (χ4v) is 3.58. The number of hydrogen-bond acceptors (Lipinski definition) is 2. The van der Waals surface area contributed by atoms with Crippen LogP contribution >= 0.6 is 11.3 Å². The van der Waals surface area contributed by atoms with E-state index in [1.165, 1.54) is 15.3 Å². The molecule has 2 aromatic rings. The van der Waals surface area contributed by atoms with Gasteiger partial charge in [-0.15, -0.1) is 11.3 Å². The molecule has 1 aromatic heterocycles. The van der Waals surface area contributed by atoms with E-state index in [0.717, 1.165) is 6.42 Å². The van der Waals surface area contributed by atoms with E-state index in [9.17, 15) is 0 Å². The van der Waals surface area contributed by atoms with Crippen molar-refractivity contribution in [3.63, 3.8) is 0 Å². The third-order valence-corrected chi connectivity index (χ3v) is 4.53. The Labute approximate surface area is 114 Å². The maximum absolute atomic E-state index is 3.49. The van der Waals surface area contributed by atoms with Crippen LogP contribution in [0.3, 0.4) is 0 Å². The van der Waals surface area contributed by atoms with Crippen molar-refractivity contribution in [1.29, 1.82) is 0 Å². The lowest BCUT2D eigenvalue weighted by Crippen LogP contribution is -2.22. The molecule has 1 aromatic carbocycles. The highest BCUT2D eigenvalue weighted by atomic mass is 32.1. The molecule has 1 heterocycles. The Morgan fingerprint density at radius 1 is 1.11 bits per heavy atom. The lowest BCUT2D eigenvalue weighted by Gasteiger charge is -2.25. The van der Waals surface area contributed by atoms with Crippen molar-refractivity contribution in [3.05, 3.63) is 57.8 Å². The Kier molecular flexibility index (Phi) is 4.56. The molecule has 0 fully saturated rings. The van der Waals surface area contributed by atoms with Gasteiger partial charge in [0, 0.05) is 21.7 Å². The molecule has 0 saturated carbocycles. The molecule has 0 radical (unpaired) electrons. The van der Waals surface area contributed by atoms with Crippen LogP contribution in [0.25, 0.3) is 0 Å². The summed E-state index contributed by atoms with van der Waals surface area (Å²) >= 11 is 1.90. The highest BCUT2D eigenvalue weighted by Gasteiger charge is 2.22. The van der Waals surface area contributed by atoms with Crippen molar-refractivity contribution < 1.29 is 0 Å². The first-order chi connectivity index (χ1) is 8.76. The topological polar surface area (TPSA) is 12.0 Å². The van der Waals surface area contributed by atoms with Crippen molar-refractivity contribution in [2.75, 3.05) is 7.05 Å². The second kappa shape index (κ2) is 6.17. The second-order valence-electron chi connectivity index (χ2n) is 4.64. The van der Waals surface area contributed by atoms with Gasteiger partial charge in [0.1, 0.15) is 0 Å². The van der Waals surface area contributed by atoms with Gasteiger partial charge in [-0.05, 0) is 38.1 Å². The first-order valence-corrected chi connectivity index (χ1v) is 7.36. The average Bonchev–Trinajstić information content (AvgIpc) is 2.83. The Hall–Kier alpha value is -1.12. The molecular formula is C16H21NS. The molecule has 1 N–H and O–H groups in total. The summed E-state index contributed by atoms with van der Waals surface area (Å²) in [7, 11) is 2.06. The van der Waals surface area contributed by atoms with Gasteiger partial charge in [-0.2, -0.15) is 0 Å². The minimum Gasteiger partial charge on any atom is -0.312 e. The number of nitrogens with one attached hydrogen (secondary N) is 1. The first-order valence-electron chi connectivity index (χ1n) is 6.54. The minimum absolute atomic E-state index is 0.413. The number of likely N-dealkylation sites (N-methyl/N-ethyl adjacent to an activating group) is 1. The van der Waals surface area contributed by atoms with Gasteiger partial charge < -0.3 is 5.32 Å². The lowest BCUT2D eigenvalue weighted by molar-refractivity contribution is 0.474. The standard InChI is InChI=1S/C16H21NS/c1-4-14(13-8-6-5-7-9-13)16(17-3)15-11-10-12(2)18-15/h5-11,14,16-17H,4H2,1-3H3. The van der Waals surface area contributed by atoms with Crippen LogP contribution in [-0.4, -0.2) is 7.05 Å². The molecule has 1 nitrogen and oxygen atoms in total. The van der Waals surface area contributed by atoms with Crippen molar-refractivity contribution in [2.45, 2.75) is 32.2 Å². The summed E-state index contributed by atoms with van der Waals surface area (Å²) in [5.41, 5.74) is 1.42. The summed E-state index contributed by atoms with van der Waals surface area (Å²) in [5, 5.41) is 3.49. The molecule has 2 unspecified atom stereocenters. The van der Waals surface area contributed by atoms with Gasteiger partial charge in [0.05, 0.1) is 0 Å². The monoisotopic (exact) mass is 259 g/mol. The minimum atomic E-state index is 0.413. The normalized spacial score (nSPS) is 14.4. The number of benzene rings is 1. The predicted molar refractivity (Wildman–Crippen MR) is 80.3 cm³/mol. The van der Waals surface area contributed by atoms with E-state index in [2.05, 4.69) is 68.7 Å². The molecule has 2 rings (SSSR count). The van der Waals surface area contributed by atoms with Crippen LogP contribution in [0.15, 0.2) is 42.5 Å². The highest BCUT2D eigenvalue weighted by molar-refractivity contribution is 7.12. The average molecular weight is 259 g/mol. The third-order valence-electron chi connectivity index (χ3n) is 3.45. The van der Waals surface area contributed by atoms with E-state index in [1.54, 1.807) is 0 Å². The van der Waals surface area contributed by atoms with E-state index in [1.807, 2.05) is 11.3 Å². The van der Waals surface area contributed by atoms with Crippen molar-refractivity contribution in [2.24, 2.45) is 0 Å². The first kappa shape index (κ1) is 13.3. The fraction of sp³-hybridized carbons (Fsp3) is 0.375. The second-order valence-corrected chi connectivity index (χ2v) is 5.96. The third kappa shape index (κ3) is 2.82. The van der Waals surface area contributed by atoms with Crippen LogP contribution in [0.4, 0.5) is 0 Å². The number of hydrogen-bond donors (Lipinski definition) is 1. The van der Waals surface area contributed by atoms with Gasteiger partial charge in [-0.25, -0.2) is 0 Å². The smallest absolute Gasteiger partial charge is 0.0481 e. The lowest BCUT2D eigenvalue weighted by atomic mass is 9.88. The van der Waals surface area contributed by atoms with Crippen LogP contribution < -0.4 is 5.32 Å². The van der Waals surface area contributed by atoms with Crippen molar-refractivity contribution in [3.8, 4) is 0 Å². The maximum atomic E-state index is 3.49.